The van der Waals surface area contributed by atoms with Crippen LogP contribution in [-0.2, 0) is 13.0 Å². The predicted octanol–water partition coefficient (Wildman–Crippen LogP) is -0.532. The van der Waals surface area contributed by atoms with Gasteiger partial charge in [-0.1, -0.05) is 0 Å². The van der Waals surface area contributed by atoms with Gasteiger partial charge in [0.1, 0.15) is 0 Å². The Kier molecular flexibility index (Phi) is 1.87. The van der Waals surface area contributed by atoms with E-state index in [9.17, 15) is 4.79 Å². The van der Waals surface area contributed by atoms with Crippen molar-refractivity contribution >= 4 is 11.7 Å². The molecule has 0 radical (unpaired) electrons. The van der Waals surface area contributed by atoms with Gasteiger partial charge in [-0.25, -0.2) is 14.3 Å². The van der Waals surface area contributed by atoms with E-state index in [0.29, 0.717) is 5.78 Å². The highest BCUT2D eigenvalue weighted by molar-refractivity contribution is 5.83. The van der Waals surface area contributed by atoms with Crippen molar-refractivity contribution in [2.24, 2.45) is 0 Å². The van der Waals surface area contributed by atoms with Crippen LogP contribution in [0.4, 0.5) is 0 Å². The first-order valence-corrected chi connectivity index (χ1v) is 4.93. The number of rotatable bonds is 1. The number of hydrogen-bond donors (Lipinski definition) is 2. The van der Waals surface area contributed by atoms with E-state index in [0.717, 1.165) is 30.8 Å². The molecular formula is C9H9N5O2. The lowest BCUT2D eigenvalue weighted by Gasteiger charge is -2.16. The molecule has 0 amide bonds. The first-order chi connectivity index (χ1) is 7.75. The maximum Gasteiger partial charge on any atom is 0.375 e. The van der Waals surface area contributed by atoms with Crippen molar-refractivity contribution in [2.45, 2.75) is 13.0 Å². The second-order valence-electron chi connectivity index (χ2n) is 3.61. The van der Waals surface area contributed by atoms with Crippen LogP contribution in [0.2, 0.25) is 0 Å². The molecule has 16 heavy (non-hydrogen) atoms. The van der Waals surface area contributed by atoms with Crippen LogP contribution in [0.3, 0.4) is 0 Å². The monoisotopic (exact) mass is 219 g/mol. The Labute approximate surface area is 90.1 Å². The van der Waals surface area contributed by atoms with Gasteiger partial charge in [0, 0.05) is 31.3 Å². The quantitative estimate of drug-likeness (QED) is 0.669. The van der Waals surface area contributed by atoms with Crippen molar-refractivity contribution in [2.75, 3.05) is 6.54 Å². The van der Waals surface area contributed by atoms with E-state index in [-0.39, 0.29) is 5.82 Å². The Morgan fingerprint density at radius 1 is 1.56 bits per heavy atom. The van der Waals surface area contributed by atoms with Gasteiger partial charge in [-0.2, -0.15) is 4.98 Å². The molecule has 0 atom stereocenters. The van der Waals surface area contributed by atoms with Crippen LogP contribution in [0, 0.1) is 0 Å². The van der Waals surface area contributed by atoms with E-state index in [4.69, 9.17) is 5.11 Å². The first kappa shape index (κ1) is 9.22. The van der Waals surface area contributed by atoms with Gasteiger partial charge in [-0.15, -0.1) is 5.10 Å². The smallest absolute Gasteiger partial charge is 0.375 e. The van der Waals surface area contributed by atoms with Crippen molar-refractivity contribution in [3.8, 4) is 0 Å². The zero-order valence-corrected chi connectivity index (χ0v) is 8.34. The number of aromatic carboxylic acids is 1. The fourth-order valence-electron chi connectivity index (χ4n) is 1.85. The molecule has 0 saturated heterocycles. The predicted molar refractivity (Wildman–Crippen MR) is 53.2 cm³/mol. The molecule has 0 aliphatic carbocycles. The summed E-state index contributed by atoms with van der Waals surface area (Å²) in [5, 5.41) is 16.0. The van der Waals surface area contributed by atoms with E-state index in [1.165, 1.54) is 4.52 Å². The number of carbonyl (C=O) groups is 1. The molecule has 0 bridgehead atoms. The van der Waals surface area contributed by atoms with Crippen molar-refractivity contribution < 1.29 is 9.90 Å². The lowest BCUT2D eigenvalue weighted by Crippen LogP contribution is -2.26. The highest BCUT2D eigenvalue weighted by Crippen LogP contribution is 2.13. The molecule has 3 heterocycles. The summed E-state index contributed by atoms with van der Waals surface area (Å²) < 4.78 is 1.53. The Balaban J connectivity index is 2.26. The largest absolute Gasteiger partial charge is 0.475 e. The van der Waals surface area contributed by atoms with E-state index in [1.807, 2.05) is 0 Å². The summed E-state index contributed by atoms with van der Waals surface area (Å²) in [5.41, 5.74) is 2.03. The SMILES string of the molecule is O=C(O)c1nc2ncc3c(n2n1)CCNC3. The van der Waals surface area contributed by atoms with Crippen LogP contribution in [-0.4, -0.2) is 37.2 Å². The van der Waals surface area contributed by atoms with Crippen molar-refractivity contribution in [3.63, 3.8) is 0 Å². The summed E-state index contributed by atoms with van der Waals surface area (Å²) in [6.45, 7) is 1.59. The molecule has 2 N–H and O–H groups in total. The van der Waals surface area contributed by atoms with Gasteiger partial charge in [-0.05, 0) is 0 Å². The Morgan fingerprint density at radius 3 is 3.25 bits per heavy atom. The number of fused-ring (bicyclic) bond motifs is 3. The zero-order valence-electron chi connectivity index (χ0n) is 8.34. The number of nitrogens with zero attached hydrogens (tertiary/aromatic N) is 4. The van der Waals surface area contributed by atoms with E-state index in [2.05, 4.69) is 20.4 Å². The molecule has 0 saturated carbocycles. The summed E-state index contributed by atoms with van der Waals surface area (Å²) >= 11 is 0. The summed E-state index contributed by atoms with van der Waals surface area (Å²) in [7, 11) is 0. The zero-order chi connectivity index (χ0) is 11.1. The van der Waals surface area contributed by atoms with E-state index in [1.54, 1.807) is 6.20 Å². The van der Waals surface area contributed by atoms with Gasteiger partial charge in [0.2, 0.25) is 0 Å². The highest BCUT2D eigenvalue weighted by atomic mass is 16.4. The molecule has 7 heteroatoms. The van der Waals surface area contributed by atoms with Crippen molar-refractivity contribution in [1.82, 2.24) is 24.9 Å². The van der Waals surface area contributed by atoms with Crippen LogP contribution in [0.15, 0.2) is 6.20 Å². The van der Waals surface area contributed by atoms with E-state index >= 15 is 0 Å². The molecule has 2 aromatic heterocycles. The molecule has 0 spiro atoms. The summed E-state index contributed by atoms with van der Waals surface area (Å²) in [5.74, 6) is -0.995. The minimum Gasteiger partial charge on any atom is -0.475 e. The fraction of sp³-hybridized carbons (Fsp3) is 0.333. The first-order valence-electron chi connectivity index (χ1n) is 4.93. The second kappa shape index (κ2) is 3.24. The standard InChI is InChI=1S/C9H9N5O2/c15-8(16)7-12-9-11-4-5-3-10-2-1-6(5)14(9)13-7/h4,10H,1-3H2,(H,15,16). The van der Waals surface area contributed by atoms with Gasteiger partial charge in [0.05, 0.1) is 5.69 Å². The lowest BCUT2D eigenvalue weighted by atomic mass is 10.1. The molecule has 82 valence electrons. The third-order valence-electron chi connectivity index (χ3n) is 2.60. The van der Waals surface area contributed by atoms with Gasteiger partial charge < -0.3 is 10.4 Å². The van der Waals surface area contributed by atoms with Gasteiger partial charge >= 0.3 is 5.97 Å². The molecule has 2 aromatic rings. The molecule has 1 aliphatic heterocycles. The summed E-state index contributed by atoms with van der Waals surface area (Å²) in [6.07, 6.45) is 2.52. The topological polar surface area (TPSA) is 92.4 Å². The summed E-state index contributed by atoms with van der Waals surface area (Å²) in [6, 6.07) is 0. The molecule has 7 nitrogen and oxygen atoms in total. The highest BCUT2D eigenvalue weighted by Gasteiger charge is 2.18. The van der Waals surface area contributed by atoms with Gasteiger partial charge in [-0.3, -0.25) is 0 Å². The lowest BCUT2D eigenvalue weighted by molar-refractivity contribution is 0.0684. The molecule has 1 aliphatic rings. The molecule has 0 fully saturated rings. The number of carboxylic acids is 1. The minimum atomic E-state index is -1.13. The van der Waals surface area contributed by atoms with Crippen molar-refractivity contribution in [3.05, 3.63) is 23.3 Å². The van der Waals surface area contributed by atoms with Crippen LogP contribution < -0.4 is 5.32 Å². The molecular weight excluding hydrogens is 210 g/mol. The molecule has 3 rings (SSSR count). The van der Waals surface area contributed by atoms with Crippen LogP contribution in [0.25, 0.3) is 5.78 Å². The molecule has 0 aromatic carbocycles. The number of aromatic nitrogens is 4. The maximum absolute atomic E-state index is 10.8. The maximum atomic E-state index is 10.8. The fourth-order valence-corrected chi connectivity index (χ4v) is 1.85. The third-order valence-corrected chi connectivity index (χ3v) is 2.60. The van der Waals surface area contributed by atoms with Crippen LogP contribution >= 0.6 is 0 Å². The Bertz CT molecular complexity index is 577. The van der Waals surface area contributed by atoms with Gasteiger partial charge in [0.15, 0.2) is 0 Å². The van der Waals surface area contributed by atoms with E-state index < -0.39 is 5.97 Å². The average Bonchev–Trinajstić information content (AvgIpc) is 2.73. The molecule has 0 unspecified atom stereocenters. The Hall–Kier alpha value is -2.02. The average molecular weight is 219 g/mol. The third kappa shape index (κ3) is 1.25. The van der Waals surface area contributed by atoms with Gasteiger partial charge in [0.25, 0.3) is 11.6 Å². The Morgan fingerprint density at radius 2 is 2.44 bits per heavy atom. The number of hydrogen-bond acceptors (Lipinski definition) is 5. The van der Waals surface area contributed by atoms with Crippen LogP contribution in [0.1, 0.15) is 21.9 Å². The minimum absolute atomic E-state index is 0.209. The second-order valence-corrected chi connectivity index (χ2v) is 3.61. The summed E-state index contributed by atoms with van der Waals surface area (Å²) in [4.78, 5) is 18.7. The van der Waals surface area contributed by atoms with Crippen molar-refractivity contribution in [1.29, 1.82) is 0 Å². The number of nitrogens with one attached hydrogen (secondary N) is 1. The number of carboxylic acid groups (broad SMARTS) is 1. The van der Waals surface area contributed by atoms with Crippen LogP contribution in [0.5, 0.6) is 0 Å². The normalized spacial score (nSPS) is 15.0.